The molecule has 2 aromatic heterocycles. The molecular formula is C24H26F2N8O2. The van der Waals surface area contributed by atoms with Gasteiger partial charge in [-0.05, 0) is 42.5 Å². The largest absolute Gasteiger partial charge is 0.404 e. The molecule has 1 aliphatic heterocycles. The second-order valence-electron chi connectivity index (χ2n) is 8.21. The summed E-state index contributed by atoms with van der Waals surface area (Å²) in [5, 5.41) is 2.98. The molecule has 1 atom stereocenters. The van der Waals surface area contributed by atoms with Crippen molar-refractivity contribution in [1.29, 1.82) is 0 Å². The topological polar surface area (TPSA) is 124 Å². The maximum absolute atomic E-state index is 13.8. The zero-order chi connectivity index (χ0) is 25.8. The monoisotopic (exact) mass is 496 g/mol. The van der Waals surface area contributed by atoms with Crippen molar-refractivity contribution < 1.29 is 18.3 Å². The number of methoxy groups -OCH3 is 1. The molecule has 0 radical (unpaired) electrons. The number of anilines is 1. The molecule has 4 rings (SSSR count). The van der Waals surface area contributed by atoms with Gasteiger partial charge in [0.05, 0.1) is 18.3 Å². The van der Waals surface area contributed by atoms with Crippen molar-refractivity contribution in [3.05, 3.63) is 71.5 Å². The van der Waals surface area contributed by atoms with E-state index in [2.05, 4.69) is 25.3 Å². The first-order valence-electron chi connectivity index (χ1n) is 11.1. The van der Waals surface area contributed by atoms with E-state index in [9.17, 15) is 13.6 Å². The van der Waals surface area contributed by atoms with Gasteiger partial charge in [-0.1, -0.05) is 6.07 Å². The number of nitrogens with zero attached hydrogens (tertiary/aromatic N) is 6. The van der Waals surface area contributed by atoms with Crippen LogP contribution in [0.4, 0.5) is 14.7 Å². The van der Waals surface area contributed by atoms with Crippen LogP contribution in [-0.2, 0) is 17.8 Å². The SMILES string of the molecule is CN=C(/C=C\N)Nc1ncc(C)c(-c2cn3c(n2)C(=O)N(Cc2ccc(F)c(F)c2)[C@@H](COC)C3)n1. The Balaban J connectivity index is 1.66. The third-order valence-corrected chi connectivity index (χ3v) is 5.72. The Hall–Kier alpha value is -4.19. The van der Waals surface area contributed by atoms with E-state index in [0.717, 1.165) is 17.7 Å². The van der Waals surface area contributed by atoms with Gasteiger partial charge >= 0.3 is 0 Å². The molecule has 0 saturated heterocycles. The van der Waals surface area contributed by atoms with Gasteiger partial charge in [0.1, 0.15) is 11.5 Å². The average Bonchev–Trinajstić information content (AvgIpc) is 3.29. The molecule has 12 heteroatoms. The molecule has 3 heterocycles. The van der Waals surface area contributed by atoms with Crippen molar-refractivity contribution in [2.45, 2.75) is 26.1 Å². The average molecular weight is 497 g/mol. The van der Waals surface area contributed by atoms with Crippen LogP contribution in [0.3, 0.4) is 0 Å². The van der Waals surface area contributed by atoms with E-state index < -0.39 is 11.6 Å². The first kappa shape index (κ1) is 24.9. The number of fused-ring (bicyclic) bond motifs is 1. The van der Waals surface area contributed by atoms with Gasteiger partial charge < -0.3 is 25.3 Å². The van der Waals surface area contributed by atoms with E-state index in [1.54, 1.807) is 42.1 Å². The minimum absolute atomic E-state index is 0.0840. The zero-order valence-electron chi connectivity index (χ0n) is 20.1. The lowest BCUT2D eigenvalue weighted by atomic mass is 10.1. The highest BCUT2D eigenvalue weighted by molar-refractivity contribution is 6.02. The van der Waals surface area contributed by atoms with Crippen LogP contribution < -0.4 is 11.1 Å². The second kappa shape index (κ2) is 10.6. The number of amides is 1. The first-order chi connectivity index (χ1) is 17.3. The summed E-state index contributed by atoms with van der Waals surface area (Å²) in [6.07, 6.45) is 6.34. The van der Waals surface area contributed by atoms with Gasteiger partial charge in [-0.25, -0.2) is 23.7 Å². The van der Waals surface area contributed by atoms with Crippen LogP contribution in [0.25, 0.3) is 11.4 Å². The van der Waals surface area contributed by atoms with E-state index >= 15 is 0 Å². The fourth-order valence-electron chi connectivity index (χ4n) is 3.97. The number of aliphatic imine (C=N–C) groups is 1. The third-order valence-electron chi connectivity index (χ3n) is 5.72. The predicted molar refractivity (Wildman–Crippen MR) is 130 cm³/mol. The third kappa shape index (κ3) is 5.08. The standard InChI is InChI=1S/C24H26F2N8O2/c1-14-9-29-24(31-20(28-2)6-7-27)32-21(14)19-12-33-11-16(13-36-3)34(23(35)22(33)30-19)10-15-4-5-17(25)18(26)8-15/h4-9,12,16H,10-11,13,27H2,1-3H3,(H,28,29,31,32)/b7-6-/t16-/m1/s1. The van der Waals surface area contributed by atoms with Crippen LogP contribution in [0, 0.1) is 18.6 Å². The van der Waals surface area contributed by atoms with Crippen LogP contribution >= 0.6 is 0 Å². The molecule has 3 aromatic rings. The van der Waals surface area contributed by atoms with E-state index in [-0.39, 0.29) is 30.9 Å². The molecule has 1 aliphatic rings. The maximum Gasteiger partial charge on any atom is 0.290 e. The van der Waals surface area contributed by atoms with Crippen LogP contribution in [0.1, 0.15) is 21.7 Å². The number of hydrogen-bond donors (Lipinski definition) is 2. The number of imidazole rings is 1. The quantitative estimate of drug-likeness (QED) is 0.381. The number of benzene rings is 1. The highest BCUT2D eigenvalue weighted by atomic mass is 19.2. The second-order valence-corrected chi connectivity index (χ2v) is 8.21. The van der Waals surface area contributed by atoms with Crippen molar-refractivity contribution in [3.63, 3.8) is 0 Å². The van der Waals surface area contributed by atoms with Crippen LogP contribution in [0.2, 0.25) is 0 Å². The summed E-state index contributed by atoms with van der Waals surface area (Å²) in [7, 11) is 3.15. The lowest BCUT2D eigenvalue weighted by Crippen LogP contribution is -2.49. The van der Waals surface area contributed by atoms with E-state index in [1.807, 2.05) is 6.92 Å². The number of nitrogens with two attached hydrogens (primary N) is 1. The first-order valence-corrected chi connectivity index (χ1v) is 11.1. The molecule has 0 aliphatic carbocycles. The van der Waals surface area contributed by atoms with Gasteiger partial charge in [-0.15, -0.1) is 0 Å². The van der Waals surface area contributed by atoms with Gasteiger partial charge in [0.2, 0.25) is 5.95 Å². The number of nitrogens with one attached hydrogen (secondary N) is 1. The van der Waals surface area contributed by atoms with Gasteiger partial charge in [0.15, 0.2) is 17.5 Å². The lowest BCUT2D eigenvalue weighted by Gasteiger charge is -2.35. The molecule has 0 unspecified atom stereocenters. The Morgan fingerprint density at radius 3 is 2.83 bits per heavy atom. The highest BCUT2D eigenvalue weighted by Crippen LogP contribution is 2.27. The number of halogens is 2. The van der Waals surface area contributed by atoms with Gasteiger partial charge in [-0.3, -0.25) is 9.79 Å². The number of rotatable bonds is 7. The number of hydrogen-bond acceptors (Lipinski definition) is 7. The van der Waals surface area contributed by atoms with E-state index in [4.69, 9.17) is 10.5 Å². The molecule has 1 amide bonds. The van der Waals surface area contributed by atoms with Crippen LogP contribution in [0.15, 0.2) is 47.9 Å². The number of aryl methyl sites for hydroxylation is 1. The summed E-state index contributed by atoms with van der Waals surface area (Å²) in [6.45, 7) is 2.60. The van der Waals surface area contributed by atoms with Gasteiger partial charge in [-0.2, -0.15) is 0 Å². The Labute approximate surface area is 206 Å². The Bertz CT molecular complexity index is 1340. The van der Waals surface area contributed by atoms with Gasteiger partial charge in [0, 0.05) is 39.6 Å². The molecule has 0 spiro atoms. The number of amidine groups is 1. The minimum Gasteiger partial charge on any atom is -0.404 e. The number of aromatic nitrogens is 4. The molecule has 0 saturated carbocycles. The summed E-state index contributed by atoms with van der Waals surface area (Å²) < 4.78 is 34.2. The number of carbonyl (C=O) groups excluding carboxylic acids is 1. The Kier molecular flexibility index (Phi) is 7.34. The maximum atomic E-state index is 13.8. The molecule has 188 valence electrons. The summed E-state index contributed by atoms with van der Waals surface area (Å²) in [4.78, 5) is 32.5. The molecular weight excluding hydrogens is 470 g/mol. The minimum atomic E-state index is -0.967. The van der Waals surface area contributed by atoms with Crippen molar-refractivity contribution >= 4 is 17.7 Å². The van der Waals surface area contributed by atoms with Crippen molar-refractivity contribution in [3.8, 4) is 11.4 Å². The molecule has 0 bridgehead atoms. The van der Waals surface area contributed by atoms with Crippen molar-refractivity contribution in [1.82, 2.24) is 24.4 Å². The summed E-state index contributed by atoms with van der Waals surface area (Å²) in [5.41, 5.74) is 7.71. The van der Waals surface area contributed by atoms with E-state index in [1.165, 1.54) is 12.3 Å². The highest BCUT2D eigenvalue weighted by Gasteiger charge is 2.35. The van der Waals surface area contributed by atoms with Crippen molar-refractivity contribution in [2.75, 3.05) is 26.1 Å². The predicted octanol–water partition coefficient (Wildman–Crippen LogP) is 2.51. The van der Waals surface area contributed by atoms with Crippen LogP contribution in [0.5, 0.6) is 0 Å². The summed E-state index contributed by atoms with van der Waals surface area (Å²) in [5.74, 6) is -1.27. The molecule has 3 N–H and O–H groups in total. The smallest absolute Gasteiger partial charge is 0.290 e. The zero-order valence-corrected chi connectivity index (χ0v) is 20.1. The summed E-state index contributed by atoms with van der Waals surface area (Å²) >= 11 is 0. The summed E-state index contributed by atoms with van der Waals surface area (Å²) in [6, 6.07) is 3.26. The fraction of sp³-hybridized carbons (Fsp3) is 0.292. The fourth-order valence-corrected chi connectivity index (χ4v) is 3.97. The molecule has 1 aromatic carbocycles. The van der Waals surface area contributed by atoms with E-state index in [0.29, 0.717) is 35.3 Å². The van der Waals surface area contributed by atoms with Crippen LogP contribution in [-0.4, -0.2) is 63.0 Å². The molecule has 10 nitrogen and oxygen atoms in total. The van der Waals surface area contributed by atoms with Crippen molar-refractivity contribution in [2.24, 2.45) is 10.7 Å². The number of ether oxygens (including phenoxy) is 1. The number of carbonyl (C=O) groups is 1. The Morgan fingerprint density at radius 2 is 2.14 bits per heavy atom. The normalized spacial score (nSPS) is 16.0. The molecule has 36 heavy (non-hydrogen) atoms. The van der Waals surface area contributed by atoms with Gasteiger partial charge in [0.25, 0.3) is 5.91 Å². The lowest BCUT2D eigenvalue weighted by molar-refractivity contribution is 0.0379. The molecule has 0 fully saturated rings. The Morgan fingerprint density at radius 1 is 1.33 bits per heavy atom.